The molecule has 4 rings (SSSR count). The maximum Gasteiger partial charge on any atom is 0.317 e. The number of aromatic nitrogens is 2. The molecule has 0 saturated carbocycles. The molecule has 7 nitrogen and oxygen atoms in total. The number of carbonyl (C=O) groups is 1. The van der Waals surface area contributed by atoms with Crippen LogP contribution in [-0.2, 0) is 0 Å². The molecule has 1 aromatic carbocycles. The van der Waals surface area contributed by atoms with Crippen molar-refractivity contribution < 1.29 is 13.9 Å². The molecule has 0 radical (unpaired) electrons. The third-order valence-electron chi connectivity index (χ3n) is 4.89. The van der Waals surface area contributed by atoms with Gasteiger partial charge in [-0.3, -0.25) is 0 Å². The summed E-state index contributed by atoms with van der Waals surface area (Å²) in [6.45, 7) is 5.14. The molecule has 2 aromatic rings. The van der Waals surface area contributed by atoms with Crippen LogP contribution in [0.1, 0.15) is 30.3 Å². The fourth-order valence-corrected chi connectivity index (χ4v) is 4.23. The van der Waals surface area contributed by atoms with Crippen LogP contribution in [-0.4, -0.2) is 53.1 Å². The molecule has 1 N–H and O–H groups in total. The SMILES string of the molecule is Cc1nsc(N2CCCN(C(=O)N[C@H]3CCOc4c(F)cccc43)CC2)n1. The van der Waals surface area contributed by atoms with E-state index in [2.05, 4.69) is 19.6 Å². The minimum Gasteiger partial charge on any atom is -0.490 e. The van der Waals surface area contributed by atoms with Crippen molar-refractivity contribution in [1.29, 1.82) is 0 Å². The van der Waals surface area contributed by atoms with E-state index in [0.29, 0.717) is 31.7 Å². The largest absolute Gasteiger partial charge is 0.490 e. The molecule has 0 spiro atoms. The number of hydrogen-bond acceptors (Lipinski definition) is 6. The number of benzene rings is 1. The van der Waals surface area contributed by atoms with Crippen LogP contribution in [0, 0.1) is 12.7 Å². The van der Waals surface area contributed by atoms with Gasteiger partial charge in [0.25, 0.3) is 0 Å². The first kappa shape index (κ1) is 18.0. The van der Waals surface area contributed by atoms with Gasteiger partial charge >= 0.3 is 6.03 Å². The van der Waals surface area contributed by atoms with E-state index in [0.717, 1.165) is 30.5 Å². The summed E-state index contributed by atoms with van der Waals surface area (Å²) < 4.78 is 23.6. The van der Waals surface area contributed by atoms with Crippen molar-refractivity contribution in [1.82, 2.24) is 19.6 Å². The highest BCUT2D eigenvalue weighted by molar-refractivity contribution is 7.09. The number of rotatable bonds is 2. The number of carbonyl (C=O) groups excluding carboxylic acids is 1. The Bertz CT molecular complexity index is 830. The van der Waals surface area contributed by atoms with Gasteiger partial charge in [-0.25, -0.2) is 14.2 Å². The Morgan fingerprint density at radius 2 is 2.22 bits per heavy atom. The number of aryl methyl sites for hydroxylation is 1. The quantitative estimate of drug-likeness (QED) is 0.852. The molecule has 1 atom stereocenters. The number of nitrogens with one attached hydrogen (secondary N) is 1. The van der Waals surface area contributed by atoms with E-state index in [9.17, 15) is 9.18 Å². The smallest absolute Gasteiger partial charge is 0.317 e. The van der Waals surface area contributed by atoms with Crippen LogP contribution < -0.4 is 15.0 Å². The molecule has 9 heteroatoms. The second-order valence-corrected chi connectivity index (χ2v) is 7.48. The molecule has 1 saturated heterocycles. The predicted octanol–water partition coefficient (Wildman–Crippen LogP) is 2.73. The summed E-state index contributed by atoms with van der Waals surface area (Å²) in [6.07, 6.45) is 1.50. The van der Waals surface area contributed by atoms with Gasteiger partial charge < -0.3 is 19.9 Å². The van der Waals surface area contributed by atoms with E-state index in [1.54, 1.807) is 6.07 Å². The zero-order valence-corrected chi connectivity index (χ0v) is 16.0. The molecule has 0 aliphatic carbocycles. The van der Waals surface area contributed by atoms with Gasteiger partial charge in [-0.05, 0) is 19.4 Å². The maximum atomic E-state index is 13.9. The van der Waals surface area contributed by atoms with Crippen LogP contribution in [0.15, 0.2) is 18.2 Å². The van der Waals surface area contributed by atoms with E-state index < -0.39 is 0 Å². The third kappa shape index (κ3) is 3.83. The summed E-state index contributed by atoms with van der Waals surface area (Å²) in [4.78, 5) is 21.2. The van der Waals surface area contributed by atoms with E-state index in [4.69, 9.17) is 4.74 Å². The predicted molar refractivity (Wildman–Crippen MR) is 101 cm³/mol. The van der Waals surface area contributed by atoms with E-state index >= 15 is 0 Å². The lowest BCUT2D eigenvalue weighted by molar-refractivity contribution is 0.188. The standard InChI is InChI=1S/C18H22FN5O2S/c1-12-20-18(27-22-12)24-8-3-7-23(9-10-24)17(25)21-15-6-11-26-16-13(15)4-2-5-14(16)19/h2,4-5,15H,3,6-11H2,1H3,(H,21,25)/t15-/m0/s1. The summed E-state index contributed by atoms with van der Waals surface area (Å²) in [5.41, 5.74) is 0.704. The topological polar surface area (TPSA) is 70.6 Å². The number of fused-ring (bicyclic) bond motifs is 1. The molecular formula is C18H22FN5O2S. The van der Waals surface area contributed by atoms with Gasteiger partial charge in [0.2, 0.25) is 5.13 Å². The first-order valence-electron chi connectivity index (χ1n) is 9.14. The molecule has 1 aromatic heterocycles. The van der Waals surface area contributed by atoms with Crippen molar-refractivity contribution >= 4 is 22.7 Å². The van der Waals surface area contributed by atoms with Crippen molar-refractivity contribution in [2.75, 3.05) is 37.7 Å². The Morgan fingerprint density at radius 3 is 3.04 bits per heavy atom. The van der Waals surface area contributed by atoms with Gasteiger partial charge in [0.15, 0.2) is 11.6 Å². The van der Waals surface area contributed by atoms with Gasteiger partial charge in [-0.15, -0.1) is 0 Å². The first-order chi connectivity index (χ1) is 13.1. The second kappa shape index (κ2) is 7.67. The van der Waals surface area contributed by atoms with Crippen molar-refractivity contribution in [3.8, 4) is 5.75 Å². The molecule has 27 heavy (non-hydrogen) atoms. The fraction of sp³-hybridized carbons (Fsp3) is 0.500. The highest BCUT2D eigenvalue weighted by Crippen LogP contribution is 2.34. The minimum absolute atomic E-state index is 0.118. The van der Waals surface area contributed by atoms with E-state index in [1.807, 2.05) is 17.9 Å². The summed E-state index contributed by atoms with van der Waals surface area (Å²) >= 11 is 1.39. The van der Waals surface area contributed by atoms with Crippen LogP contribution in [0.2, 0.25) is 0 Å². The Morgan fingerprint density at radius 1 is 1.33 bits per heavy atom. The van der Waals surface area contributed by atoms with Crippen molar-refractivity contribution in [3.63, 3.8) is 0 Å². The lowest BCUT2D eigenvalue weighted by atomic mass is 10.0. The molecule has 0 bridgehead atoms. The van der Waals surface area contributed by atoms with Gasteiger partial charge in [0.1, 0.15) is 5.82 Å². The van der Waals surface area contributed by atoms with Crippen molar-refractivity contribution in [3.05, 3.63) is 35.4 Å². The number of anilines is 1. The highest BCUT2D eigenvalue weighted by Gasteiger charge is 2.28. The van der Waals surface area contributed by atoms with Crippen LogP contribution in [0.5, 0.6) is 5.75 Å². The van der Waals surface area contributed by atoms with Crippen LogP contribution >= 0.6 is 11.5 Å². The lowest BCUT2D eigenvalue weighted by Crippen LogP contribution is -2.44. The maximum absolute atomic E-state index is 13.9. The number of nitrogens with zero attached hydrogens (tertiary/aromatic N) is 4. The van der Waals surface area contributed by atoms with Gasteiger partial charge in [0, 0.05) is 49.7 Å². The fourth-order valence-electron chi connectivity index (χ4n) is 3.50. The lowest BCUT2D eigenvalue weighted by Gasteiger charge is -2.29. The van der Waals surface area contributed by atoms with Gasteiger partial charge in [0.05, 0.1) is 12.6 Å². The first-order valence-corrected chi connectivity index (χ1v) is 9.91. The number of urea groups is 1. The monoisotopic (exact) mass is 391 g/mol. The zero-order valence-electron chi connectivity index (χ0n) is 15.2. The van der Waals surface area contributed by atoms with Crippen molar-refractivity contribution in [2.24, 2.45) is 0 Å². The number of ether oxygens (including phenoxy) is 1. The normalized spacial score (nSPS) is 19.9. The molecule has 1 fully saturated rings. The third-order valence-corrected chi connectivity index (χ3v) is 5.76. The number of hydrogen-bond donors (Lipinski definition) is 1. The van der Waals surface area contributed by atoms with Gasteiger partial charge in [-0.1, -0.05) is 12.1 Å². The Labute approximate surface area is 161 Å². The van der Waals surface area contributed by atoms with E-state index in [1.165, 1.54) is 17.6 Å². The molecule has 2 amide bonds. The Balaban J connectivity index is 1.40. The molecular weight excluding hydrogens is 369 g/mol. The molecule has 3 heterocycles. The van der Waals surface area contributed by atoms with Crippen LogP contribution in [0.3, 0.4) is 0 Å². The number of para-hydroxylation sites is 1. The summed E-state index contributed by atoms with van der Waals surface area (Å²) in [6, 6.07) is 4.48. The Hall–Kier alpha value is -2.42. The van der Waals surface area contributed by atoms with Crippen LogP contribution in [0.4, 0.5) is 14.3 Å². The molecule has 0 unspecified atom stereocenters. The molecule has 144 valence electrons. The second-order valence-electron chi connectivity index (χ2n) is 6.75. The number of halogens is 1. The van der Waals surface area contributed by atoms with E-state index in [-0.39, 0.29) is 23.6 Å². The van der Waals surface area contributed by atoms with Gasteiger partial charge in [-0.2, -0.15) is 4.37 Å². The molecule has 2 aliphatic heterocycles. The van der Waals surface area contributed by atoms with Crippen molar-refractivity contribution in [2.45, 2.75) is 25.8 Å². The number of amides is 2. The summed E-state index contributed by atoms with van der Waals surface area (Å²) in [7, 11) is 0. The average Bonchev–Trinajstić information content (AvgIpc) is 2.95. The Kier molecular flexibility index (Phi) is 5.11. The highest BCUT2D eigenvalue weighted by atomic mass is 32.1. The summed E-state index contributed by atoms with van der Waals surface area (Å²) in [5.74, 6) is 0.645. The molecule has 2 aliphatic rings. The average molecular weight is 391 g/mol. The zero-order chi connectivity index (χ0) is 18.8. The summed E-state index contributed by atoms with van der Waals surface area (Å²) in [5, 5.41) is 3.96. The van der Waals surface area contributed by atoms with Crippen LogP contribution in [0.25, 0.3) is 0 Å². The minimum atomic E-state index is -0.385.